The molecule has 0 spiro atoms. The van der Waals surface area contributed by atoms with Gasteiger partial charge >= 0.3 is 0 Å². The van der Waals surface area contributed by atoms with Crippen molar-refractivity contribution in [1.29, 1.82) is 0 Å². The van der Waals surface area contributed by atoms with Crippen LogP contribution in [0.15, 0.2) is 24.3 Å². The average molecular weight is 243 g/mol. The van der Waals surface area contributed by atoms with E-state index in [1.54, 1.807) is 7.11 Å². The molecule has 2 rings (SSSR count). The molecule has 0 aliphatic carbocycles. The number of methoxy groups -OCH3 is 1. The Hall–Kier alpha value is -0.770. The lowest BCUT2D eigenvalue weighted by Crippen LogP contribution is -2.34. The first-order valence-corrected chi connectivity index (χ1v) is 5.72. The van der Waals surface area contributed by atoms with Crippen molar-refractivity contribution in [2.24, 2.45) is 0 Å². The number of aliphatic hydroxyl groups excluding tert-OH is 1. The average Bonchev–Trinajstić information content (AvgIpc) is 2.33. The van der Waals surface area contributed by atoms with Crippen LogP contribution in [0.2, 0.25) is 0 Å². The molecule has 1 aromatic rings. The van der Waals surface area contributed by atoms with Crippen molar-refractivity contribution in [2.75, 3.05) is 13.7 Å². The van der Waals surface area contributed by atoms with Gasteiger partial charge in [0.25, 0.3) is 0 Å². The molecule has 88 valence electrons. The monoisotopic (exact) mass is 242 g/mol. The van der Waals surface area contributed by atoms with Crippen LogP contribution in [0.5, 0.6) is 5.75 Å². The second-order valence-corrected chi connectivity index (χ2v) is 4.47. The van der Waals surface area contributed by atoms with Gasteiger partial charge in [0.1, 0.15) is 5.75 Å². The van der Waals surface area contributed by atoms with E-state index in [1.807, 2.05) is 24.3 Å². The second-order valence-electron chi connectivity index (χ2n) is 3.91. The summed E-state index contributed by atoms with van der Waals surface area (Å²) in [6.45, 7) is 0.296. The van der Waals surface area contributed by atoms with E-state index in [9.17, 15) is 5.11 Å². The minimum absolute atomic E-state index is 0.0307. The Morgan fingerprint density at radius 2 is 2.06 bits per heavy atom. The predicted molar refractivity (Wildman–Crippen MR) is 62.0 cm³/mol. The van der Waals surface area contributed by atoms with Crippen molar-refractivity contribution >= 4 is 11.6 Å². The number of hydrogen-bond acceptors (Lipinski definition) is 3. The van der Waals surface area contributed by atoms with Gasteiger partial charge < -0.3 is 14.6 Å². The van der Waals surface area contributed by atoms with E-state index in [2.05, 4.69) is 0 Å². The SMILES string of the molecule is COc1ccc([C@H]2C[C@H](Cl)[C@@H](O)CO2)cc1. The fourth-order valence-electron chi connectivity index (χ4n) is 1.80. The smallest absolute Gasteiger partial charge is 0.118 e. The quantitative estimate of drug-likeness (QED) is 0.808. The summed E-state index contributed by atoms with van der Waals surface area (Å²) < 4.78 is 10.6. The van der Waals surface area contributed by atoms with Crippen molar-refractivity contribution in [2.45, 2.75) is 24.0 Å². The van der Waals surface area contributed by atoms with Crippen LogP contribution in [0.4, 0.5) is 0 Å². The van der Waals surface area contributed by atoms with Crippen LogP contribution >= 0.6 is 11.6 Å². The number of aliphatic hydroxyl groups is 1. The molecule has 3 atom stereocenters. The fraction of sp³-hybridized carbons (Fsp3) is 0.500. The van der Waals surface area contributed by atoms with Crippen LogP contribution in [-0.2, 0) is 4.74 Å². The lowest BCUT2D eigenvalue weighted by molar-refractivity contribution is -0.0540. The van der Waals surface area contributed by atoms with Crippen LogP contribution in [0, 0.1) is 0 Å². The van der Waals surface area contributed by atoms with Crippen molar-refractivity contribution in [3.63, 3.8) is 0 Å². The summed E-state index contributed by atoms with van der Waals surface area (Å²) in [4.78, 5) is 0. The summed E-state index contributed by atoms with van der Waals surface area (Å²) in [5, 5.41) is 9.21. The van der Waals surface area contributed by atoms with Crippen LogP contribution in [0.1, 0.15) is 18.1 Å². The van der Waals surface area contributed by atoms with Crippen LogP contribution in [0.3, 0.4) is 0 Å². The Bertz CT molecular complexity index is 339. The first-order valence-electron chi connectivity index (χ1n) is 5.28. The minimum atomic E-state index is -0.559. The topological polar surface area (TPSA) is 38.7 Å². The standard InChI is InChI=1S/C12H15ClO3/c1-15-9-4-2-8(3-5-9)12-6-10(13)11(14)7-16-12/h2-5,10-12,14H,6-7H2,1H3/t10-,11-,12+/m0/s1. The molecule has 0 amide bonds. The highest BCUT2D eigenvalue weighted by atomic mass is 35.5. The highest BCUT2D eigenvalue weighted by Gasteiger charge is 2.29. The largest absolute Gasteiger partial charge is 0.497 e. The zero-order valence-corrected chi connectivity index (χ0v) is 9.85. The molecule has 1 N–H and O–H groups in total. The van der Waals surface area contributed by atoms with E-state index in [0.717, 1.165) is 11.3 Å². The van der Waals surface area contributed by atoms with Gasteiger partial charge in [-0.1, -0.05) is 12.1 Å². The van der Waals surface area contributed by atoms with Gasteiger partial charge in [-0.15, -0.1) is 11.6 Å². The third-order valence-corrected chi connectivity index (χ3v) is 3.28. The number of rotatable bonds is 2. The van der Waals surface area contributed by atoms with E-state index in [4.69, 9.17) is 21.1 Å². The van der Waals surface area contributed by atoms with Crippen molar-refractivity contribution in [1.82, 2.24) is 0 Å². The highest BCUT2D eigenvalue weighted by molar-refractivity contribution is 6.21. The number of halogens is 1. The van der Waals surface area contributed by atoms with Crippen LogP contribution < -0.4 is 4.74 Å². The zero-order chi connectivity index (χ0) is 11.5. The van der Waals surface area contributed by atoms with Crippen LogP contribution in [-0.4, -0.2) is 30.3 Å². The lowest BCUT2D eigenvalue weighted by Gasteiger charge is -2.30. The van der Waals surface area contributed by atoms with E-state index < -0.39 is 6.10 Å². The first-order chi connectivity index (χ1) is 7.70. The van der Waals surface area contributed by atoms with Crippen molar-refractivity contribution in [3.8, 4) is 5.75 Å². The second kappa shape index (κ2) is 5.04. The van der Waals surface area contributed by atoms with Crippen molar-refractivity contribution < 1.29 is 14.6 Å². The molecular weight excluding hydrogens is 228 g/mol. The molecule has 1 aliphatic heterocycles. The highest BCUT2D eigenvalue weighted by Crippen LogP contribution is 2.31. The zero-order valence-electron chi connectivity index (χ0n) is 9.10. The first kappa shape index (κ1) is 11.7. The fourth-order valence-corrected chi connectivity index (χ4v) is 2.03. The molecule has 1 fully saturated rings. The van der Waals surface area contributed by atoms with Gasteiger partial charge in [-0.2, -0.15) is 0 Å². The molecular formula is C12H15ClO3. The lowest BCUT2D eigenvalue weighted by atomic mass is 10.00. The minimum Gasteiger partial charge on any atom is -0.497 e. The maximum Gasteiger partial charge on any atom is 0.118 e. The van der Waals surface area contributed by atoms with Gasteiger partial charge in [-0.25, -0.2) is 0 Å². The Morgan fingerprint density at radius 1 is 1.38 bits per heavy atom. The van der Waals surface area contributed by atoms with E-state index in [0.29, 0.717) is 13.0 Å². The number of ether oxygens (including phenoxy) is 2. The van der Waals surface area contributed by atoms with Gasteiger partial charge in [-0.3, -0.25) is 0 Å². The third kappa shape index (κ3) is 2.48. The summed E-state index contributed by atoms with van der Waals surface area (Å²) in [5.74, 6) is 0.821. The van der Waals surface area contributed by atoms with Gasteiger partial charge in [-0.05, 0) is 24.1 Å². The van der Waals surface area contributed by atoms with Gasteiger partial charge in [0.2, 0.25) is 0 Å². The van der Waals surface area contributed by atoms with Gasteiger partial charge in [0.15, 0.2) is 0 Å². The molecule has 3 nitrogen and oxygen atoms in total. The van der Waals surface area contributed by atoms with E-state index in [1.165, 1.54) is 0 Å². The van der Waals surface area contributed by atoms with Crippen LogP contribution in [0.25, 0.3) is 0 Å². The summed E-state index contributed by atoms with van der Waals surface area (Å²) >= 11 is 6.02. The van der Waals surface area contributed by atoms with E-state index in [-0.39, 0.29) is 11.5 Å². The van der Waals surface area contributed by atoms with E-state index >= 15 is 0 Å². The summed E-state index contributed by atoms with van der Waals surface area (Å²) in [6, 6.07) is 7.72. The molecule has 1 aliphatic rings. The number of hydrogen-bond donors (Lipinski definition) is 1. The molecule has 1 heterocycles. The maximum absolute atomic E-state index is 9.45. The Balaban J connectivity index is 2.06. The number of alkyl halides is 1. The third-order valence-electron chi connectivity index (χ3n) is 2.81. The molecule has 0 aromatic heterocycles. The maximum atomic E-state index is 9.45. The molecule has 0 radical (unpaired) electrons. The Kier molecular flexibility index (Phi) is 3.69. The molecule has 0 unspecified atom stereocenters. The predicted octanol–water partition coefficient (Wildman–Crippen LogP) is 2.12. The van der Waals surface area contributed by atoms with Gasteiger partial charge in [0, 0.05) is 0 Å². The molecule has 0 saturated carbocycles. The molecule has 0 bridgehead atoms. The molecule has 1 aromatic carbocycles. The molecule has 16 heavy (non-hydrogen) atoms. The molecule has 1 saturated heterocycles. The normalized spacial score (nSPS) is 30.1. The van der Waals surface area contributed by atoms with Gasteiger partial charge in [0.05, 0.1) is 31.3 Å². The van der Waals surface area contributed by atoms with Crippen molar-refractivity contribution in [3.05, 3.63) is 29.8 Å². The molecule has 4 heteroatoms. The summed E-state index contributed by atoms with van der Waals surface area (Å²) in [7, 11) is 1.64. The Labute approximate surface area is 99.9 Å². The summed E-state index contributed by atoms with van der Waals surface area (Å²) in [5.41, 5.74) is 1.07. The Morgan fingerprint density at radius 3 is 2.62 bits per heavy atom. The summed E-state index contributed by atoms with van der Waals surface area (Å²) in [6.07, 6.45) is 0.0441. The number of benzene rings is 1.